The second-order valence-corrected chi connectivity index (χ2v) is 6.94. The molecule has 2 rings (SSSR count). The average molecular weight is 280 g/mol. The van der Waals surface area contributed by atoms with Crippen molar-refractivity contribution in [2.45, 2.75) is 44.9 Å². The van der Waals surface area contributed by atoms with E-state index in [1.54, 1.807) is 18.3 Å². The minimum Gasteiger partial charge on any atom is -0.299 e. The first-order valence-corrected chi connectivity index (χ1v) is 7.51. The maximum atomic E-state index is 11.4. The number of hydrogen-bond donors (Lipinski definition) is 0. The Morgan fingerprint density at radius 2 is 1.94 bits per heavy atom. The average Bonchev–Trinajstić information content (AvgIpc) is 2.54. The van der Waals surface area contributed by atoms with Gasteiger partial charge in [0.1, 0.15) is 21.5 Å². The van der Waals surface area contributed by atoms with Crippen molar-refractivity contribution in [1.82, 2.24) is 9.97 Å². The Labute approximate surface area is 115 Å². The fraction of sp³-hybridized carbons (Fsp3) is 0.462. The van der Waals surface area contributed by atoms with Gasteiger partial charge < -0.3 is 0 Å². The molecule has 2 heterocycles. The summed E-state index contributed by atoms with van der Waals surface area (Å²) in [6, 6.07) is 0. The molecule has 0 amide bonds. The summed E-state index contributed by atoms with van der Waals surface area (Å²) in [6.45, 7) is 9.63. The molecule has 96 valence electrons. The lowest BCUT2D eigenvalue weighted by Gasteiger charge is -2.08. The van der Waals surface area contributed by atoms with Gasteiger partial charge in [-0.1, -0.05) is 11.8 Å². The predicted molar refractivity (Wildman–Crippen MR) is 77.6 cm³/mol. The van der Waals surface area contributed by atoms with Gasteiger partial charge in [-0.2, -0.15) is 0 Å². The largest absolute Gasteiger partial charge is 0.299 e. The van der Waals surface area contributed by atoms with Crippen LogP contribution in [0.4, 0.5) is 0 Å². The van der Waals surface area contributed by atoms with Gasteiger partial charge in [0.25, 0.3) is 0 Å². The van der Waals surface area contributed by atoms with E-state index in [0.717, 1.165) is 21.1 Å². The van der Waals surface area contributed by atoms with E-state index < -0.39 is 0 Å². The molecule has 0 aliphatic rings. The van der Waals surface area contributed by atoms with E-state index in [2.05, 4.69) is 23.8 Å². The van der Waals surface area contributed by atoms with Crippen LogP contribution in [0.15, 0.2) is 5.03 Å². The van der Waals surface area contributed by atoms with Gasteiger partial charge in [0, 0.05) is 10.3 Å². The summed E-state index contributed by atoms with van der Waals surface area (Å²) in [5.41, 5.74) is 1.23. The van der Waals surface area contributed by atoms with Crippen LogP contribution in [0.1, 0.15) is 30.1 Å². The first kappa shape index (κ1) is 13.5. The van der Waals surface area contributed by atoms with Gasteiger partial charge in [-0.25, -0.2) is 9.97 Å². The first-order chi connectivity index (χ1) is 8.40. The number of thiophene rings is 1. The van der Waals surface area contributed by atoms with Crippen LogP contribution in [0.25, 0.3) is 10.2 Å². The number of thioether (sulfide) groups is 1. The molecule has 0 saturated heterocycles. The quantitative estimate of drug-likeness (QED) is 0.635. The van der Waals surface area contributed by atoms with E-state index in [-0.39, 0.29) is 11.0 Å². The Balaban J connectivity index is 2.58. The molecular weight excluding hydrogens is 264 g/mol. The predicted octanol–water partition coefficient (Wildman–Crippen LogP) is 3.69. The van der Waals surface area contributed by atoms with Gasteiger partial charge in [-0.05, 0) is 40.2 Å². The van der Waals surface area contributed by atoms with E-state index in [0.29, 0.717) is 0 Å². The summed E-state index contributed by atoms with van der Waals surface area (Å²) in [7, 11) is 0. The van der Waals surface area contributed by atoms with Gasteiger partial charge in [0.2, 0.25) is 0 Å². The van der Waals surface area contributed by atoms with E-state index in [1.165, 1.54) is 22.2 Å². The fourth-order valence-corrected chi connectivity index (χ4v) is 3.84. The molecule has 0 N–H and O–H groups in total. The van der Waals surface area contributed by atoms with Crippen molar-refractivity contribution in [3.05, 3.63) is 16.3 Å². The monoisotopic (exact) mass is 280 g/mol. The highest BCUT2D eigenvalue weighted by atomic mass is 32.2. The SMILES string of the molecule is CC(=O)C(C)Sc1nc(C)nc2sc(C)c(C)c12. The van der Waals surface area contributed by atoms with Crippen molar-refractivity contribution in [2.24, 2.45) is 0 Å². The number of fused-ring (bicyclic) bond motifs is 1. The second-order valence-electron chi connectivity index (χ2n) is 4.41. The molecule has 0 bridgehead atoms. The van der Waals surface area contributed by atoms with Crippen molar-refractivity contribution in [3.8, 4) is 0 Å². The Kier molecular flexibility index (Phi) is 3.73. The molecule has 3 nitrogen and oxygen atoms in total. The molecule has 0 aliphatic heterocycles. The molecule has 5 heteroatoms. The molecule has 2 aromatic heterocycles. The zero-order valence-electron chi connectivity index (χ0n) is 11.2. The molecule has 0 spiro atoms. The van der Waals surface area contributed by atoms with Crippen LogP contribution in [-0.4, -0.2) is 21.0 Å². The zero-order valence-corrected chi connectivity index (χ0v) is 12.8. The summed E-state index contributed by atoms with van der Waals surface area (Å²) >= 11 is 3.22. The molecule has 0 aliphatic carbocycles. The van der Waals surface area contributed by atoms with E-state index >= 15 is 0 Å². The van der Waals surface area contributed by atoms with Crippen LogP contribution >= 0.6 is 23.1 Å². The summed E-state index contributed by atoms with van der Waals surface area (Å²) in [4.78, 5) is 22.7. The Hall–Kier alpha value is -0.940. The molecule has 0 aromatic carbocycles. The number of hydrogen-bond acceptors (Lipinski definition) is 5. The molecule has 0 fully saturated rings. The Morgan fingerprint density at radius 1 is 1.28 bits per heavy atom. The summed E-state index contributed by atoms with van der Waals surface area (Å²) < 4.78 is 0. The zero-order chi connectivity index (χ0) is 13.4. The lowest BCUT2D eigenvalue weighted by atomic mass is 10.2. The van der Waals surface area contributed by atoms with Crippen molar-refractivity contribution < 1.29 is 4.79 Å². The Morgan fingerprint density at radius 3 is 2.56 bits per heavy atom. The Bertz CT molecular complexity index is 619. The maximum Gasteiger partial charge on any atom is 0.142 e. The second kappa shape index (κ2) is 4.97. The van der Waals surface area contributed by atoms with Crippen molar-refractivity contribution in [2.75, 3.05) is 0 Å². The number of Topliss-reactive ketones (excluding diaryl/α,β-unsaturated/α-hetero) is 1. The highest BCUT2D eigenvalue weighted by Gasteiger charge is 2.17. The van der Waals surface area contributed by atoms with Gasteiger partial charge >= 0.3 is 0 Å². The topological polar surface area (TPSA) is 42.9 Å². The molecule has 18 heavy (non-hydrogen) atoms. The van der Waals surface area contributed by atoms with Gasteiger partial charge in [0.15, 0.2) is 0 Å². The number of aromatic nitrogens is 2. The number of carbonyl (C=O) groups is 1. The van der Waals surface area contributed by atoms with Gasteiger partial charge in [0.05, 0.1) is 5.25 Å². The summed E-state index contributed by atoms with van der Waals surface area (Å²) in [5, 5.41) is 1.98. The highest BCUT2D eigenvalue weighted by Crippen LogP contribution is 2.36. The van der Waals surface area contributed by atoms with Crippen molar-refractivity contribution in [1.29, 1.82) is 0 Å². The molecule has 0 radical (unpaired) electrons. The van der Waals surface area contributed by atoms with Crippen LogP contribution in [0.3, 0.4) is 0 Å². The van der Waals surface area contributed by atoms with E-state index in [9.17, 15) is 4.79 Å². The maximum absolute atomic E-state index is 11.4. The summed E-state index contributed by atoms with van der Waals surface area (Å²) in [6.07, 6.45) is 0. The van der Waals surface area contributed by atoms with Crippen molar-refractivity contribution >= 4 is 39.1 Å². The van der Waals surface area contributed by atoms with Crippen LogP contribution in [0.5, 0.6) is 0 Å². The number of carbonyl (C=O) groups excluding carboxylic acids is 1. The van der Waals surface area contributed by atoms with Gasteiger partial charge in [-0.3, -0.25) is 4.79 Å². The molecule has 0 saturated carbocycles. The van der Waals surface area contributed by atoms with E-state index in [1.807, 2.05) is 13.8 Å². The third-order valence-electron chi connectivity index (χ3n) is 2.97. The first-order valence-electron chi connectivity index (χ1n) is 5.81. The van der Waals surface area contributed by atoms with Crippen LogP contribution in [0.2, 0.25) is 0 Å². The smallest absolute Gasteiger partial charge is 0.142 e. The normalized spacial score (nSPS) is 12.9. The van der Waals surface area contributed by atoms with E-state index in [4.69, 9.17) is 0 Å². The summed E-state index contributed by atoms with van der Waals surface area (Å²) in [5.74, 6) is 0.941. The molecular formula is C13H16N2OS2. The molecule has 1 atom stereocenters. The van der Waals surface area contributed by atoms with Crippen LogP contribution < -0.4 is 0 Å². The van der Waals surface area contributed by atoms with Crippen molar-refractivity contribution in [3.63, 3.8) is 0 Å². The number of rotatable bonds is 3. The number of nitrogens with zero attached hydrogens (tertiary/aromatic N) is 2. The van der Waals surface area contributed by atoms with Crippen LogP contribution in [0, 0.1) is 20.8 Å². The standard InChI is InChI=1S/C13H16N2OS2/c1-6-8(3)17-12-11(6)13(15-10(5)14-12)18-9(4)7(2)16/h9H,1-5H3. The number of aryl methyl sites for hydroxylation is 3. The minimum atomic E-state index is -0.0675. The molecule has 2 aromatic rings. The highest BCUT2D eigenvalue weighted by molar-refractivity contribution is 8.00. The third-order valence-corrected chi connectivity index (χ3v) is 5.27. The number of ketones is 1. The minimum absolute atomic E-state index is 0.0675. The van der Waals surface area contributed by atoms with Gasteiger partial charge in [-0.15, -0.1) is 11.3 Å². The third kappa shape index (κ3) is 2.42. The lowest BCUT2D eigenvalue weighted by Crippen LogP contribution is -2.08. The fourth-order valence-electron chi connectivity index (χ4n) is 1.65. The lowest BCUT2D eigenvalue weighted by molar-refractivity contribution is -0.116. The van der Waals surface area contributed by atoms with Crippen LogP contribution in [-0.2, 0) is 4.79 Å². The molecule has 1 unspecified atom stereocenters.